The van der Waals surface area contributed by atoms with E-state index in [1.807, 2.05) is 69.9 Å². The lowest BCUT2D eigenvalue weighted by Crippen LogP contribution is -2.59. The van der Waals surface area contributed by atoms with Crippen LogP contribution < -0.4 is 16.0 Å². The monoisotopic (exact) mass is 729 g/mol. The van der Waals surface area contributed by atoms with E-state index in [4.69, 9.17) is 9.47 Å². The minimum absolute atomic E-state index is 0.00348. The summed E-state index contributed by atoms with van der Waals surface area (Å²) in [5.41, 5.74) is 1.09. The zero-order chi connectivity index (χ0) is 39.1. The number of hydrogen-bond acceptors (Lipinski definition) is 8. The lowest BCUT2D eigenvalue weighted by molar-refractivity contribution is -0.147. The molecule has 4 amide bonds. The molecule has 0 bridgehead atoms. The lowest BCUT2D eigenvalue weighted by atomic mass is 9.89. The van der Waals surface area contributed by atoms with Crippen molar-refractivity contribution in [2.24, 2.45) is 28.7 Å². The van der Waals surface area contributed by atoms with Crippen molar-refractivity contribution in [2.75, 3.05) is 41.9 Å². The summed E-state index contributed by atoms with van der Waals surface area (Å²) < 4.78 is 12.0. The molecule has 2 rings (SSSR count). The molecular formula is C40H68N6O6. The van der Waals surface area contributed by atoms with E-state index in [9.17, 15) is 19.2 Å². The Bertz CT molecular complexity index is 1290. The van der Waals surface area contributed by atoms with Gasteiger partial charge in [0.15, 0.2) is 0 Å². The second-order valence-corrected chi connectivity index (χ2v) is 15.0. The summed E-state index contributed by atoms with van der Waals surface area (Å²) >= 11 is 0. The Morgan fingerprint density at radius 3 is 2.12 bits per heavy atom. The third-order valence-corrected chi connectivity index (χ3v) is 10.7. The first-order valence-electron chi connectivity index (χ1n) is 19.0. The molecule has 9 atom stereocenters. The van der Waals surface area contributed by atoms with Crippen LogP contribution in [0.4, 0.5) is 0 Å². The summed E-state index contributed by atoms with van der Waals surface area (Å²) in [5, 5.41) is 9.18. The van der Waals surface area contributed by atoms with Crippen molar-refractivity contribution >= 4 is 29.8 Å². The Hall–Kier alpha value is -3.35. The number of carbonyl (C=O) groups is 4. The largest absolute Gasteiger partial charge is 0.379 e. The van der Waals surface area contributed by atoms with Gasteiger partial charge in [-0.25, -0.2) is 0 Å². The van der Waals surface area contributed by atoms with Crippen LogP contribution in [-0.2, 0) is 35.1 Å². The van der Waals surface area contributed by atoms with E-state index in [0.717, 1.165) is 18.4 Å². The average molecular weight is 729 g/mol. The third-order valence-electron chi connectivity index (χ3n) is 10.7. The van der Waals surface area contributed by atoms with Gasteiger partial charge < -0.3 is 35.2 Å². The minimum Gasteiger partial charge on any atom is -0.379 e. The summed E-state index contributed by atoms with van der Waals surface area (Å²) in [7, 11) is 8.33. The summed E-state index contributed by atoms with van der Waals surface area (Å²) in [6.07, 6.45) is 3.52. The van der Waals surface area contributed by atoms with E-state index in [-0.39, 0.29) is 59.9 Å². The number of nitrogens with zero attached hydrogens (tertiary/aromatic N) is 3. The molecule has 0 aliphatic carbocycles. The standard InChI is InChI=1S/C40H68N6O6/c1-13-27(6)36(45(10)40(50)35(26(4)5)44-39(49)34(42-9)25(2)3)32(51-11)23-33(47)46-21-17-20-31(46)37(52-12)28(7)38(48)43-30(24-41-8)22-29-18-15-14-16-19-29/h14-16,18-19,24-28,30-32,34-37,42H,13,17,20-23H2,1-12H3,(H,43,48)(H,44,49). The molecule has 1 aromatic carbocycles. The van der Waals surface area contributed by atoms with E-state index in [1.54, 1.807) is 46.5 Å². The third kappa shape index (κ3) is 12.1. The topological polar surface area (TPSA) is 142 Å². The number of likely N-dealkylation sites (N-methyl/N-ethyl adjacent to an activating group) is 2. The van der Waals surface area contributed by atoms with E-state index in [1.165, 1.54) is 0 Å². The molecule has 0 saturated carbocycles. The van der Waals surface area contributed by atoms with Gasteiger partial charge in [0.2, 0.25) is 23.6 Å². The summed E-state index contributed by atoms with van der Waals surface area (Å²) in [4.78, 5) is 62.8. The Morgan fingerprint density at radius 2 is 1.60 bits per heavy atom. The number of rotatable bonds is 21. The molecule has 294 valence electrons. The summed E-state index contributed by atoms with van der Waals surface area (Å²) in [5.74, 6) is -1.39. The Morgan fingerprint density at radius 1 is 0.962 bits per heavy atom. The highest BCUT2D eigenvalue weighted by molar-refractivity contribution is 5.90. The van der Waals surface area contributed by atoms with Crippen molar-refractivity contribution < 1.29 is 28.7 Å². The fraction of sp³-hybridized carbons (Fsp3) is 0.725. The average Bonchev–Trinajstić information content (AvgIpc) is 3.60. The fourth-order valence-corrected chi connectivity index (χ4v) is 7.55. The number of amides is 4. The van der Waals surface area contributed by atoms with Crippen LogP contribution in [0.1, 0.15) is 79.7 Å². The van der Waals surface area contributed by atoms with Gasteiger partial charge in [-0.1, -0.05) is 85.2 Å². The zero-order valence-electron chi connectivity index (χ0n) is 33.8. The molecule has 12 heteroatoms. The van der Waals surface area contributed by atoms with Crippen LogP contribution in [0.2, 0.25) is 0 Å². The van der Waals surface area contributed by atoms with Gasteiger partial charge in [-0.3, -0.25) is 24.2 Å². The van der Waals surface area contributed by atoms with Gasteiger partial charge in [-0.2, -0.15) is 0 Å². The Balaban J connectivity index is 2.26. The lowest BCUT2D eigenvalue weighted by Gasteiger charge is -2.41. The van der Waals surface area contributed by atoms with E-state index in [2.05, 4.69) is 34.8 Å². The molecule has 1 heterocycles. The van der Waals surface area contributed by atoms with Gasteiger partial charge in [0.25, 0.3) is 0 Å². The van der Waals surface area contributed by atoms with Crippen molar-refractivity contribution in [3.63, 3.8) is 0 Å². The van der Waals surface area contributed by atoms with Crippen molar-refractivity contribution in [1.82, 2.24) is 25.8 Å². The molecular weight excluding hydrogens is 660 g/mol. The molecule has 0 radical (unpaired) electrons. The van der Waals surface area contributed by atoms with Crippen LogP contribution in [0.3, 0.4) is 0 Å². The SMILES string of the molecule is CCC(C)C(C(CC(=O)N1CCCC1C(OC)C(C)C(=O)NC(C=NC)Cc1ccccc1)OC)N(C)C(=O)C(NC(=O)C(NC)C(C)C)C(C)C. The fourth-order valence-electron chi connectivity index (χ4n) is 7.55. The summed E-state index contributed by atoms with van der Waals surface area (Å²) in [6.45, 7) is 14.2. The first-order valence-corrected chi connectivity index (χ1v) is 19.0. The number of likely N-dealkylation sites (tertiary alicyclic amines) is 1. The molecule has 12 nitrogen and oxygen atoms in total. The first-order chi connectivity index (χ1) is 24.7. The van der Waals surface area contributed by atoms with Crippen molar-refractivity contribution in [3.05, 3.63) is 35.9 Å². The van der Waals surface area contributed by atoms with E-state index >= 15 is 0 Å². The number of carbonyl (C=O) groups excluding carboxylic acids is 4. The Kier molecular flexibility index (Phi) is 19.0. The molecule has 1 aliphatic rings. The van der Waals surface area contributed by atoms with E-state index < -0.39 is 36.3 Å². The highest BCUT2D eigenvalue weighted by atomic mass is 16.5. The predicted octanol–water partition coefficient (Wildman–Crippen LogP) is 3.72. The van der Waals surface area contributed by atoms with Gasteiger partial charge >= 0.3 is 0 Å². The number of nitrogens with one attached hydrogen (secondary N) is 3. The van der Waals surface area contributed by atoms with Crippen LogP contribution >= 0.6 is 0 Å². The maximum Gasteiger partial charge on any atom is 0.245 e. The van der Waals surface area contributed by atoms with Crippen LogP contribution in [0.15, 0.2) is 35.3 Å². The highest BCUT2D eigenvalue weighted by Crippen LogP contribution is 2.29. The maximum atomic E-state index is 14.2. The van der Waals surface area contributed by atoms with Crippen LogP contribution in [-0.4, -0.2) is 124 Å². The van der Waals surface area contributed by atoms with Gasteiger partial charge in [0.05, 0.1) is 48.7 Å². The molecule has 1 aromatic rings. The number of benzene rings is 1. The van der Waals surface area contributed by atoms with Crippen molar-refractivity contribution in [2.45, 2.75) is 123 Å². The quantitative estimate of drug-likeness (QED) is 0.164. The molecule has 1 aliphatic heterocycles. The molecule has 0 aromatic heterocycles. The number of hydrogen-bond donors (Lipinski definition) is 3. The normalized spacial score (nSPS) is 19.5. The zero-order valence-corrected chi connectivity index (χ0v) is 33.8. The van der Waals surface area contributed by atoms with Gasteiger partial charge in [0.1, 0.15) is 6.04 Å². The smallest absolute Gasteiger partial charge is 0.245 e. The molecule has 3 N–H and O–H groups in total. The first kappa shape index (κ1) is 44.8. The second kappa shape index (κ2) is 22.0. The van der Waals surface area contributed by atoms with Crippen LogP contribution in [0, 0.1) is 23.7 Å². The number of ether oxygens (including phenoxy) is 2. The molecule has 1 fully saturated rings. The van der Waals surface area contributed by atoms with Crippen molar-refractivity contribution in [1.29, 1.82) is 0 Å². The number of methoxy groups -OCH3 is 2. The second-order valence-electron chi connectivity index (χ2n) is 15.0. The molecule has 0 spiro atoms. The summed E-state index contributed by atoms with van der Waals surface area (Å²) in [6, 6.07) is 7.74. The van der Waals surface area contributed by atoms with Crippen LogP contribution in [0.25, 0.3) is 0 Å². The predicted molar refractivity (Wildman–Crippen MR) is 207 cm³/mol. The van der Waals surface area contributed by atoms with Gasteiger partial charge in [-0.05, 0) is 49.6 Å². The van der Waals surface area contributed by atoms with Gasteiger partial charge in [-0.15, -0.1) is 0 Å². The number of aliphatic imine (C=N–C) groups is 1. The Labute approximate surface area is 313 Å². The molecule has 9 unspecified atom stereocenters. The molecule has 1 saturated heterocycles. The van der Waals surface area contributed by atoms with Gasteiger partial charge in [0, 0.05) is 41.1 Å². The minimum atomic E-state index is -0.749. The maximum absolute atomic E-state index is 14.2. The van der Waals surface area contributed by atoms with E-state index in [0.29, 0.717) is 19.4 Å². The molecule has 52 heavy (non-hydrogen) atoms. The van der Waals surface area contributed by atoms with Crippen molar-refractivity contribution in [3.8, 4) is 0 Å². The van der Waals surface area contributed by atoms with Crippen LogP contribution in [0.5, 0.6) is 0 Å². The highest BCUT2D eigenvalue weighted by Gasteiger charge is 2.43.